The van der Waals surface area contributed by atoms with Gasteiger partial charge in [0, 0.05) is 6.54 Å². The first kappa shape index (κ1) is 13.8. The minimum absolute atomic E-state index is 0.335. The lowest BCUT2D eigenvalue weighted by Gasteiger charge is -2.38. The summed E-state index contributed by atoms with van der Waals surface area (Å²) in [5, 5.41) is 40.6. The number of unbranched alkanes of at least 4 members (excludes halogenated alkanes) is 1. The Morgan fingerprint density at radius 1 is 1.06 bits per heavy atom. The number of ether oxygens (including phenoxy) is 1. The maximum atomic E-state index is 9.60. The Morgan fingerprint density at radius 2 is 1.75 bits per heavy atom. The third-order valence-electron chi connectivity index (χ3n) is 2.74. The number of hydrogen-bond donors (Lipinski definition) is 5. The molecule has 1 rings (SSSR count). The molecule has 6 heteroatoms. The van der Waals surface area contributed by atoms with Crippen molar-refractivity contribution in [2.45, 2.75) is 50.5 Å². The molecule has 5 N–H and O–H groups in total. The molecule has 0 bridgehead atoms. The summed E-state index contributed by atoms with van der Waals surface area (Å²) in [5.41, 5.74) is 0. The molecule has 0 amide bonds. The van der Waals surface area contributed by atoms with Gasteiger partial charge in [0.15, 0.2) is 6.29 Å². The average Bonchev–Trinajstić information content (AvgIpc) is 2.28. The predicted octanol–water partition coefficient (Wildman–Crippen LogP) is -1.82. The first-order valence-electron chi connectivity index (χ1n) is 5.66. The zero-order chi connectivity index (χ0) is 12.1. The van der Waals surface area contributed by atoms with Crippen LogP contribution in [0.1, 0.15) is 19.8 Å². The van der Waals surface area contributed by atoms with Gasteiger partial charge in [-0.25, -0.2) is 0 Å². The highest BCUT2D eigenvalue weighted by molar-refractivity contribution is 4.89. The van der Waals surface area contributed by atoms with Crippen molar-refractivity contribution in [1.82, 2.24) is 5.32 Å². The van der Waals surface area contributed by atoms with Gasteiger partial charge in [0.05, 0.1) is 0 Å². The summed E-state index contributed by atoms with van der Waals surface area (Å²) in [6.45, 7) is 3.19. The summed E-state index contributed by atoms with van der Waals surface area (Å²) in [7, 11) is 0. The van der Waals surface area contributed by atoms with Crippen molar-refractivity contribution < 1.29 is 25.2 Å². The Hall–Kier alpha value is -0.240. The first-order chi connectivity index (χ1) is 7.57. The van der Waals surface area contributed by atoms with E-state index < -0.39 is 30.7 Å². The second kappa shape index (κ2) is 6.48. The number of rotatable bonds is 5. The third kappa shape index (κ3) is 3.38. The lowest BCUT2D eigenvalue weighted by atomic mass is 9.99. The Kier molecular flexibility index (Phi) is 5.60. The molecule has 0 aromatic heterocycles. The van der Waals surface area contributed by atoms with Crippen LogP contribution in [-0.2, 0) is 4.74 Å². The fraction of sp³-hybridized carbons (Fsp3) is 1.00. The van der Waals surface area contributed by atoms with E-state index in [1.165, 1.54) is 0 Å². The number of aliphatic hydroxyl groups is 4. The third-order valence-corrected chi connectivity index (χ3v) is 2.74. The van der Waals surface area contributed by atoms with Crippen LogP contribution in [0.2, 0.25) is 0 Å². The van der Waals surface area contributed by atoms with Crippen LogP contribution in [0.5, 0.6) is 0 Å². The van der Waals surface area contributed by atoms with Crippen molar-refractivity contribution in [2.24, 2.45) is 0 Å². The van der Waals surface area contributed by atoms with E-state index >= 15 is 0 Å². The van der Waals surface area contributed by atoms with Crippen LogP contribution in [0.3, 0.4) is 0 Å². The molecule has 1 saturated heterocycles. The van der Waals surface area contributed by atoms with Gasteiger partial charge in [-0.3, -0.25) is 0 Å². The Morgan fingerprint density at radius 3 is 2.38 bits per heavy atom. The van der Waals surface area contributed by atoms with Crippen LogP contribution in [0.25, 0.3) is 0 Å². The van der Waals surface area contributed by atoms with E-state index in [1.54, 1.807) is 0 Å². The van der Waals surface area contributed by atoms with Gasteiger partial charge in [-0.2, -0.15) is 0 Å². The molecular formula is C10H21NO5. The predicted molar refractivity (Wildman–Crippen MR) is 56.7 cm³/mol. The van der Waals surface area contributed by atoms with Crippen molar-refractivity contribution in [3.05, 3.63) is 0 Å². The fourth-order valence-corrected chi connectivity index (χ4v) is 1.65. The average molecular weight is 235 g/mol. The van der Waals surface area contributed by atoms with Gasteiger partial charge in [0.25, 0.3) is 0 Å². The highest BCUT2D eigenvalue weighted by Gasteiger charge is 2.42. The topological polar surface area (TPSA) is 102 Å². The molecule has 5 atom stereocenters. The van der Waals surface area contributed by atoms with Crippen molar-refractivity contribution in [3.63, 3.8) is 0 Å². The summed E-state index contributed by atoms with van der Waals surface area (Å²) in [6.07, 6.45) is -4.10. The number of aliphatic hydroxyl groups excluding tert-OH is 4. The van der Waals surface area contributed by atoms with E-state index in [0.29, 0.717) is 6.54 Å². The molecule has 1 fully saturated rings. The molecule has 0 spiro atoms. The van der Waals surface area contributed by atoms with Gasteiger partial charge >= 0.3 is 0 Å². The lowest BCUT2D eigenvalue weighted by Crippen LogP contribution is -2.59. The molecular weight excluding hydrogens is 214 g/mol. The van der Waals surface area contributed by atoms with E-state index in [2.05, 4.69) is 12.2 Å². The van der Waals surface area contributed by atoms with Crippen LogP contribution < -0.4 is 5.32 Å². The normalized spacial score (nSPS) is 39.9. The van der Waals surface area contributed by atoms with Crippen molar-refractivity contribution in [2.75, 3.05) is 13.1 Å². The van der Waals surface area contributed by atoms with Gasteiger partial charge in [-0.15, -0.1) is 0 Å². The van der Waals surface area contributed by atoms with E-state index in [9.17, 15) is 20.4 Å². The molecule has 6 nitrogen and oxygen atoms in total. The summed E-state index contributed by atoms with van der Waals surface area (Å²) in [6, 6.07) is 0. The minimum Gasteiger partial charge on any atom is -0.388 e. The van der Waals surface area contributed by atoms with Crippen LogP contribution in [0, 0.1) is 0 Å². The molecule has 96 valence electrons. The van der Waals surface area contributed by atoms with Crippen molar-refractivity contribution in [1.29, 1.82) is 0 Å². The summed E-state index contributed by atoms with van der Waals surface area (Å²) in [5.74, 6) is 0. The van der Waals surface area contributed by atoms with E-state index in [4.69, 9.17) is 4.74 Å². The monoisotopic (exact) mass is 235 g/mol. The van der Waals surface area contributed by atoms with Crippen molar-refractivity contribution in [3.8, 4) is 0 Å². The van der Waals surface area contributed by atoms with Crippen LogP contribution in [-0.4, -0.2) is 64.2 Å². The summed E-state index contributed by atoms with van der Waals surface area (Å²) < 4.78 is 4.99. The van der Waals surface area contributed by atoms with Crippen LogP contribution in [0.15, 0.2) is 0 Å². The van der Waals surface area contributed by atoms with Crippen LogP contribution >= 0.6 is 0 Å². The summed E-state index contributed by atoms with van der Waals surface area (Å²) in [4.78, 5) is 0. The van der Waals surface area contributed by atoms with Gasteiger partial charge < -0.3 is 30.5 Å². The highest BCUT2D eigenvalue weighted by Crippen LogP contribution is 2.19. The number of hydrogen-bond acceptors (Lipinski definition) is 6. The zero-order valence-corrected chi connectivity index (χ0v) is 9.41. The Labute approximate surface area is 94.9 Å². The smallest absolute Gasteiger partial charge is 0.184 e. The Balaban J connectivity index is 2.35. The second-order valence-corrected chi connectivity index (χ2v) is 4.09. The van der Waals surface area contributed by atoms with E-state index in [1.807, 2.05) is 0 Å². The van der Waals surface area contributed by atoms with E-state index in [-0.39, 0.29) is 0 Å². The van der Waals surface area contributed by atoms with Gasteiger partial charge in [-0.05, 0) is 13.0 Å². The van der Waals surface area contributed by atoms with E-state index in [0.717, 1.165) is 19.4 Å². The minimum atomic E-state index is -1.46. The molecule has 0 radical (unpaired) electrons. The van der Waals surface area contributed by atoms with Gasteiger partial charge in [0.1, 0.15) is 24.4 Å². The molecule has 0 aromatic carbocycles. The lowest BCUT2D eigenvalue weighted by molar-refractivity contribution is -0.280. The quantitative estimate of drug-likeness (QED) is 0.359. The highest BCUT2D eigenvalue weighted by atomic mass is 16.6. The molecule has 0 aliphatic carbocycles. The zero-order valence-electron chi connectivity index (χ0n) is 9.41. The molecule has 0 saturated carbocycles. The van der Waals surface area contributed by atoms with Gasteiger partial charge in [-0.1, -0.05) is 13.3 Å². The maximum Gasteiger partial charge on any atom is 0.184 e. The standard InChI is InChI=1S/C10H21NO5/c1-2-3-4-11-5-6-7(12)8(13)9(14)10(15)16-6/h6-15H,2-5H2,1H3/t6-,7-,8+,9-,10+/m1/s1. The van der Waals surface area contributed by atoms with Gasteiger partial charge in [0.2, 0.25) is 0 Å². The molecule has 0 unspecified atom stereocenters. The SMILES string of the molecule is CCCCNC[C@H]1O[C@H](O)[C@H](O)[C@@H](O)[C@@H]1O. The maximum absolute atomic E-state index is 9.60. The van der Waals surface area contributed by atoms with Crippen LogP contribution in [0.4, 0.5) is 0 Å². The second-order valence-electron chi connectivity index (χ2n) is 4.09. The number of nitrogens with one attached hydrogen (secondary N) is 1. The van der Waals surface area contributed by atoms with Crippen molar-refractivity contribution >= 4 is 0 Å². The fourth-order valence-electron chi connectivity index (χ4n) is 1.65. The molecule has 0 aromatic rings. The first-order valence-corrected chi connectivity index (χ1v) is 5.66. The molecule has 16 heavy (non-hydrogen) atoms. The molecule has 1 aliphatic heterocycles. The summed E-state index contributed by atoms with van der Waals surface area (Å²) >= 11 is 0. The molecule has 1 aliphatic rings. The Bertz CT molecular complexity index is 204. The largest absolute Gasteiger partial charge is 0.388 e. The molecule has 1 heterocycles.